The Morgan fingerprint density at radius 2 is 1.59 bits per heavy atom. The number of hydrogen-bond acceptors (Lipinski definition) is 4. The number of carbonyl (C=O) groups is 1. The summed E-state index contributed by atoms with van der Waals surface area (Å²) in [6.07, 6.45) is 3.42. The van der Waals surface area contributed by atoms with Crippen molar-refractivity contribution in [2.45, 2.75) is 19.3 Å². The molecular formula is C26H23BrN4O. The summed E-state index contributed by atoms with van der Waals surface area (Å²) in [6.45, 7) is 0. The molecule has 0 fully saturated rings. The van der Waals surface area contributed by atoms with Crippen LogP contribution in [0.15, 0.2) is 89.5 Å². The van der Waals surface area contributed by atoms with E-state index in [0.717, 1.165) is 33.4 Å². The van der Waals surface area contributed by atoms with E-state index in [4.69, 9.17) is 10.7 Å². The minimum Gasteiger partial charge on any atom is -0.399 e. The number of aryl methyl sites for hydroxylation is 2. The van der Waals surface area contributed by atoms with E-state index in [-0.39, 0.29) is 12.3 Å². The first kappa shape index (κ1) is 21.7. The van der Waals surface area contributed by atoms with Crippen molar-refractivity contribution in [1.82, 2.24) is 9.97 Å². The number of nitrogens with zero attached hydrogens (tertiary/aromatic N) is 2. The van der Waals surface area contributed by atoms with Gasteiger partial charge in [0.2, 0.25) is 5.91 Å². The molecule has 0 atom stereocenters. The van der Waals surface area contributed by atoms with Crippen LogP contribution in [0.25, 0.3) is 11.3 Å². The average Bonchev–Trinajstić information content (AvgIpc) is 2.81. The number of nitrogens with one attached hydrogen (secondary N) is 1. The number of hydrogen-bond donors (Lipinski definition) is 2. The van der Waals surface area contributed by atoms with E-state index < -0.39 is 0 Å². The van der Waals surface area contributed by atoms with E-state index in [0.29, 0.717) is 17.9 Å². The van der Waals surface area contributed by atoms with Gasteiger partial charge in [-0.05, 0) is 48.2 Å². The average molecular weight is 487 g/mol. The van der Waals surface area contributed by atoms with Gasteiger partial charge in [0.1, 0.15) is 0 Å². The molecule has 0 aliphatic heterocycles. The lowest BCUT2D eigenvalue weighted by Crippen LogP contribution is -2.17. The zero-order valence-electron chi connectivity index (χ0n) is 17.5. The summed E-state index contributed by atoms with van der Waals surface area (Å²) in [5.74, 6) is 0.380. The quantitative estimate of drug-likeness (QED) is 0.340. The van der Waals surface area contributed by atoms with Crippen molar-refractivity contribution in [2.24, 2.45) is 0 Å². The van der Waals surface area contributed by atoms with Crippen LogP contribution in [-0.2, 0) is 24.1 Å². The Morgan fingerprint density at radius 3 is 2.31 bits per heavy atom. The maximum atomic E-state index is 12.7. The number of halogens is 1. The highest BCUT2D eigenvalue weighted by atomic mass is 79.9. The third kappa shape index (κ3) is 5.80. The third-order valence-electron chi connectivity index (χ3n) is 5.08. The summed E-state index contributed by atoms with van der Waals surface area (Å²) in [7, 11) is 0. The van der Waals surface area contributed by atoms with Gasteiger partial charge < -0.3 is 11.1 Å². The number of anilines is 2. The van der Waals surface area contributed by atoms with E-state index in [1.165, 1.54) is 5.56 Å². The highest BCUT2D eigenvalue weighted by molar-refractivity contribution is 9.10. The van der Waals surface area contributed by atoms with Crippen molar-refractivity contribution in [3.8, 4) is 11.3 Å². The molecule has 3 N–H and O–H groups in total. The molecule has 0 radical (unpaired) electrons. The molecule has 0 spiro atoms. The van der Waals surface area contributed by atoms with Crippen LogP contribution in [0.2, 0.25) is 0 Å². The SMILES string of the molecule is Nc1ccc(-c2cnc(NC(=O)Cc3ccc(Br)cc3)c(CCc3ccccc3)n2)cc1. The van der Waals surface area contributed by atoms with Crippen LogP contribution in [0.5, 0.6) is 0 Å². The van der Waals surface area contributed by atoms with Crippen LogP contribution < -0.4 is 11.1 Å². The molecule has 0 saturated heterocycles. The molecule has 5 nitrogen and oxygen atoms in total. The Bertz CT molecular complexity index is 1190. The fourth-order valence-corrected chi connectivity index (χ4v) is 3.63. The van der Waals surface area contributed by atoms with Gasteiger partial charge in [0.25, 0.3) is 0 Å². The second-order valence-electron chi connectivity index (χ2n) is 7.51. The summed E-state index contributed by atoms with van der Waals surface area (Å²) in [6, 6.07) is 25.4. The first-order valence-electron chi connectivity index (χ1n) is 10.4. The molecule has 1 heterocycles. The molecule has 0 aliphatic rings. The molecule has 0 aliphatic carbocycles. The molecule has 32 heavy (non-hydrogen) atoms. The number of carbonyl (C=O) groups excluding carboxylic acids is 1. The molecule has 160 valence electrons. The van der Waals surface area contributed by atoms with Crippen molar-refractivity contribution in [3.05, 3.63) is 106 Å². The lowest BCUT2D eigenvalue weighted by molar-refractivity contribution is -0.115. The topological polar surface area (TPSA) is 80.9 Å². The number of benzene rings is 3. The molecule has 0 bridgehead atoms. The fraction of sp³-hybridized carbons (Fsp3) is 0.115. The number of nitrogen functional groups attached to an aromatic ring is 1. The molecule has 0 saturated carbocycles. The van der Waals surface area contributed by atoms with Gasteiger partial charge in [0.15, 0.2) is 5.82 Å². The smallest absolute Gasteiger partial charge is 0.229 e. The summed E-state index contributed by atoms with van der Waals surface area (Å²) in [5, 5.41) is 2.95. The maximum Gasteiger partial charge on any atom is 0.229 e. The second-order valence-corrected chi connectivity index (χ2v) is 8.43. The zero-order valence-corrected chi connectivity index (χ0v) is 19.0. The van der Waals surface area contributed by atoms with Crippen LogP contribution in [0.1, 0.15) is 16.8 Å². The molecule has 4 rings (SSSR count). The molecule has 1 amide bonds. The standard InChI is InChI=1S/C26H23BrN4O/c27-21-11-6-19(7-12-21)16-25(32)31-26-23(15-8-18-4-2-1-3-5-18)30-24(17-29-26)20-9-13-22(28)14-10-20/h1-7,9-14,17H,8,15-16,28H2,(H,29,31,32). The third-order valence-corrected chi connectivity index (χ3v) is 5.61. The number of amides is 1. The van der Waals surface area contributed by atoms with E-state index in [2.05, 4.69) is 38.4 Å². The van der Waals surface area contributed by atoms with Crippen LogP contribution in [0.4, 0.5) is 11.5 Å². The van der Waals surface area contributed by atoms with Gasteiger partial charge in [-0.25, -0.2) is 9.97 Å². The normalized spacial score (nSPS) is 10.7. The van der Waals surface area contributed by atoms with Gasteiger partial charge in [0, 0.05) is 15.7 Å². The van der Waals surface area contributed by atoms with Crippen LogP contribution in [0.3, 0.4) is 0 Å². The van der Waals surface area contributed by atoms with E-state index >= 15 is 0 Å². The van der Waals surface area contributed by atoms with Gasteiger partial charge in [0.05, 0.1) is 24.0 Å². The van der Waals surface area contributed by atoms with E-state index in [1.807, 2.05) is 66.7 Å². The minimum atomic E-state index is -0.122. The Balaban J connectivity index is 1.56. The van der Waals surface area contributed by atoms with Crippen LogP contribution in [-0.4, -0.2) is 15.9 Å². The molecule has 1 aromatic heterocycles. The first-order valence-corrected chi connectivity index (χ1v) is 11.2. The Hall–Kier alpha value is -3.51. The van der Waals surface area contributed by atoms with Gasteiger partial charge in [-0.15, -0.1) is 0 Å². The van der Waals surface area contributed by atoms with Crippen LogP contribution in [0, 0.1) is 0 Å². The van der Waals surface area contributed by atoms with E-state index in [1.54, 1.807) is 6.20 Å². The molecular weight excluding hydrogens is 464 g/mol. The maximum absolute atomic E-state index is 12.7. The highest BCUT2D eigenvalue weighted by Crippen LogP contribution is 2.22. The summed E-state index contributed by atoms with van der Waals surface area (Å²) >= 11 is 3.42. The molecule has 4 aromatic rings. The lowest BCUT2D eigenvalue weighted by atomic mass is 10.1. The summed E-state index contributed by atoms with van der Waals surface area (Å²) < 4.78 is 0.981. The van der Waals surface area contributed by atoms with Crippen molar-refractivity contribution < 1.29 is 4.79 Å². The second kappa shape index (κ2) is 10.2. The van der Waals surface area contributed by atoms with Crippen molar-refractivity contribution in [1.29, 1.82) is 0 Å². The fourth-order valence-electron chi connectivity index (χ4n) is 3.37. The van der Waals surface area contributed by atoms with Gasteiger partial charge in [-0.3, -0.25) is 4.79 Å². The number of aromatic nitrogens is 2. The number of rotatable bonds is 7. The number of nitrogens with two attached hydrogens (primary N) is 1. The zero-order chi connectivity index (χ0) is 22.3. The van der Waals surface area contributed by atoms with Gasteiger partial charge in [-0.2, -0.15) is 0 Å². The molecule has 3 aromatic carbocycles. The Labute approximate surface area is 195 Å². The highest BCUT2D eigenvalue weighted by Gasteiger charge is 2.13. The summed E-state index contributed by atoms with van der Waals surface area (Å²) in [5.41, 5.74) is 11.1. The largest absolute Gasteiger partial charge is 0.399 e. The van der Waals surface area contributed by atoms with E-state index in [9.17, 15) is 4.79 Å². The lowest BCUT2D eigenvalue weighted by Gasteiger charge is -2.12. The van der Waals surface area contributed by atoms with Gasteiger partial charge in [-0.1, -0.05) is 70.5 Å². The van der Waals surface area contributed by atoms with Crippen molar-refractivity contribution in [3.63, 3.8) is 0 Å². The molecule has 6 heteroatoms. The predicted molar refractivity (Wildman–Crippen MR) is 132 cm³/mol. The monoisotopic (exact) mass is 486 g/mol. The Morgan fingerprint density at radius 1 is 0.875 bits per heavy atom. The predicted octanol–water partition coefficient (Wildman–Crippen LogP) is 5.45. The van der Waals surface area contributed by atoms with Crippen molar-refractivity contribution in [2.75, 3.05) is 11.1 Å². The first-order chi connectivity index (χ1) is 15.6. The summed E-state index contributed by atoms with van der Waals surface area (Å²) in [4.78, 5) is 22.1. The Kier molecular flexibility index (Phi) is 6.92. The molecule has 0 unspecified atom stereocenters. The minimum absolute atomic E-state index is 0.122. The van der Waals surface area contributed by atoms with Gasteiger partial charge >= 0.3 is 0 Å². The van der Waals surface area contributed by atoms with Crippen molar-refractivity contribution >= 4 is 33.3 Å². The van der Waals surface area contributed by atoms with Crippen LogP contribution >= 0.6 is 15.9 Å².